The van der Waals surface area contributed by atoms with Crippen LogP contribution in [0.25, 0.3) is 5.57 Å². The lowest BCUT2D eigenvalue weighted by Crippen LogP contribution is -2.59. The van der Waals surface area contributed by atoms with Gasteiger partial charge in [0.05, 0.1) is 19.4 Å². The second-order valence-corrected chi connectivity index (χ2v) is 11.8. The van der Waals surface area contributed by atoms with Gasteiger partial charge in [0.15, 0.2) is 17.5 Å². The van der Waals surface area contributed by atoms with E-state index in [1.165, 1.54) is 4.68 Å². The molecular formula is C27H35F3N4O8S. The maximum Gasteiger partial charge on any atom is 0.194 e. The Labute approximate surface area is 249 Å². The van der Waals surface area contributed by atoms with Gasteiger partial charge in [-0.15, -0.1) is 0 Å². The highest BCUT2D eigenvalue weighted by molar-refractivity contribution is 8.00. The van der Waals surface area contributed by atoms with Crippen molar-refractivity contribution >= 4 is 23.5 Å². The summed E-state index contributed by atoms with van der Waals surface area (Å²) in [5.41, 5.74) is 3.73. The van der Waals surface area contributed by atoms with Crippen LogP contribution < -0.4 is 5.73 Å². The third-order valence-corrected chi connectivity index (χ3v) is 8.76. The smallest absolute Gasteiger partial charge is 0.194 e. The van der Waals surface area contributed by atoms with Gasteiger partial charge < -0.3 is 45.8 Å². The molecule has 1 aromatic heterocycles. The number of nitrogens with zero attached hydrogens (tertiary/aromatic N) is 3. The van der Waals surface area contributed by atoms with Crippen LogP contribution in [0.1, 0.15) is 36.9 Å². The van der Waals surface area contributed by atoms with E-state index in [0.717, 1.165) is 29.7 Å². The molecule has 2 aromatic rings. The van der Waals surface area contributed by atoms with Gasteiger partial charge in [-0.25, -0.2) is 13.2 Å². The Morgan fingerprint density at radius 1 is 1.00 bits per heavy atom. The molecule has 0 bridgehead atoms. The topological polar surface area (TPSA) is 196 Å². The molecule has 2 aliphatic heterocycles. The second-order valence-electron chi connectivity index (χ2n) is 10.6. The summed E-state index contributed by atoms with van der Waals surface area (Å²) in [6.45, 7) is 2.60. The zero-order chi connectivity index (χ0) is 31.6. The van der Waals surface area contributed by atoms with Crippen LogP contribution in [-0.4, -0.2) is 113 Å². The lowest BCUT2D eigenvalue weighted by molar-refractivity contribution is -0.183. The molecule has 0 radical (unpaired) electrons. The third-order valence-electron chi connectivity index (χ3n) is 7.44. The van der Waals surface area contributed by atoms with Crippen molar-refractivity contribution in [1.82, 2.24) is 9.78 Å². The molecule has 238 valence electrons. The van der Waals surface area contributed by atoms with E-state index >= 15 is 0 Å². The largest absolute Gasteiger partial charge is 0.404 e. The van der Waals surface area contributed by atoms with Crippen molar-refractivity contribution in [2.75, 3.05) is 13.2 Å². The lowest BCUT2D eigenvalue weighted by atomic mass is 9.97. The molecule has 0 aliphatic carbocycles. The summed E-state index contributed by atoms with van der Waals surface area (Å²) in [6.07, 6.45) is -3.08. The van der Waals surface area contributed by atoms with Crippen LogP contribution >= 0.6 is 11.8 Å². The number of rotatable bonds is 9. The van der Waals surface area contributed by atoms with Crippen LogP contribution in [0, 0.1) is 17.5 Å². The van der Waals surface area contributed by atoms with Gasteiger partial charge in [0.1, 0.15) is 59.6 Å². The normalized spacial score (nSPS) is 33.9. The highest BCUT2D eigenvalue weighted by Crippen LogP contribution is 2.40. The Kier molecular flexibility index (Phi) is 10.9. The molecule has 2 aliphatic rings. The number of aliphatic imine (C=N–C) groups is 1. The van der Waals surface area contributed by atoms with Gasteiger partial charge in [0, 0.05) is 24.2 Å². The maximum atomic E-state index is 13.8. The molecule has 2 saturated heterocycles. The Morgan fingerprint density at radius 3 is 2.12 bits per heavy atom. The first-order valence-corrected chi connectivity index (χ1v) is 14.4. The molecule has 0 saturated carbocycles. The summed E-state index contributed by atoms with van der Waals surface area (Å²) in [7, 11) is 0. The van der Waals surface area contributed by atoms with Crippen molar-refractivity contribution in [3.63, 3.8) is 0 Å². The fraction of sp³-hybridized carbons (Fsp3) is 0.556. The van der Waals surface area contributed by atoms with E-state index in [1.807, 2.05) is 13.8 Å². The van der Waals surface area contributed by atoms with Crippen LogP contribution in [0.5, 0.6) is 0 Å². The van der Waals surface area contributed by atoms with Gasteiger partial charge >= 0.3 is 0 Å². The molecule has 10 atom stereocenters. The number of ether oxygens (including phenoxy) is 2. The number of aliphatic hydroxyl groups is 6. The molecule has 0 amide bonds. The zero-order valence-corrected chi connectivity index (χ0v) is 24.0. The molecule has 43 heavy (non-hydrogen) atoms. The van der Waals surface area contributed by atoms with E-state index in [-0.39, 0.29) is 17.1 Å². The van der Waals surface area contributed by atoms with Gasteiger partial charge in [0.25, 0.3) is 0 Å². The molecule has 4 rings (SSSR count). The molecule has 3 heterocycles. The fourth-order valence-electron chi connectivity index (χ4n) is 4.90. The van der Waals surface area contributed by atoms with E-state index in [1.54, 1.807) is 12.4 Å². The van der Waals surface area contributed by atoms with Crippen LogP contribution in [-0.2, 0) is 9.47 Å². The Morgan fingerprint density at radius 2 is 1.58 bits per heavy atom. The number of hydrogen-bond donors (Lipinski definition) is 7. The quantitative estimate of drug-likeness (QED) is 0.145. The van der Waals surface area contributed by atoms with E-state index in [4.69, 9.17) is 15.2 Å². The molecular weight excluding hydrogens is 597 g/mol. The minimum absolute atomic E-state index is 0.0675. The fourth-order valence-corrected chi connectivity index (χ4v) is 6.22. The van der Waals surface area contributed by atoms with E-state index < -0.39 is 90.2 Å². The molecule has 12 nitrogen and oxygen atoms in total. The van der Waals surface area contributed by atoms with Gasteiger partial charge in [-0.1, -0.05) is 25.6 Å². The molecule has 2 fully saturated rings. The van der Waals surface area contributed by atoms with Crippen molar-refractivity contribution in [2.45, 2.75) is 79.3 Å². The molecule has 6 unspecified atom stereocenters. The Balaban J connectivity index is 1.58. The van der Waals surface area contributed by atoms with Crippen molar-refractivity contribution in [1.29, 1.82) is 0 Å². The third kappa shape index (κ3) is 6.92. The number of allylic oxidation sites excluding steroid dienone is 1. The number of aliphatic hydroxyl groups excluding tert-OH is 6. The van der Waals surface area contributed by atoms with Crippen molar-refractivity contribution in [3.05, 3.63) is 59.3 Å². The highest BCUT2D eigenvalue weighted by Gasteiger charge is 2.50. The summed E-state index contributed by atoms with van der Waals surface area (Å²) < 4.78 is 53.8. The average Bonchev–Trinajstić information content (AvgIpc) is 3.46. The van der Waals surface area contributed by atoms with Crippen molar-refractivity contribution < 1.29 is 53.3 Å². The minimum Gasteiger partial charge on any atom is -0.404 e. The number of nitrogens with two attached hydrogens (primary N) is 1. The van der Waals surface area contributed by atoms with Gasteiger partial charge in [0.2, 0.25) is 0 Å². The second kappa shape index (κ2) is 14.0. The Bertz CT molecular complexity index is 1290. The van der Waals surface area contributed by atoms with Crippen LogP contribution in [0.15, 0.2) is 35.7 Å². The summed E-state index contributed by atoms with van der Waals surface area (Å²) in [5, 5.41) is 68.0. The predicted molar refractivity (Wildman–Crippen MR) is 149 cm³/mol. The van der Waals surface area contributed by atoms with Gasteiger partial charge in [-0.05, 0) is 29.2 Å². The van der Waals surface area contributed by atoms with Crippen molar-refractivity contribution in [2.24, 2.45) is 10.7 Å². The first-order valence-electron chi connectivity index (χ1n) is 13.5. The van der Waals surface area contributed by atoms with E-state index in [9.17, 15) is 43.8 Å². The number of hydrogen-bond acceptors (Lipinski definition) is 12. The lowest BCUT2D eigenvalue weighted by Gasteiger charge is -2.45. The number of aromatic nitrogens is 2. The number of benzene rings is 1. The minimum atomic E-state index is -1.67. The predicted octanol–water partition coefficient (Wildman–Crippen LogP) is 0.0153. The Hall–Kier alpha value is -2.54. The van der Waals surface area contributed by atoms with Gasteiger partial charge in [-0.2, -0.15) is 5.10 Å². The summed E-state index contributed by atoms with van der Waals surface area (Å²) in [5.74, 6) is -4.48. The molecule has 0 spiro atoms. The first kappa shape index (κ1) is 33.4. The summed E-state index contributed by atoms with van der Waals surface area (Å²) in [6, 6.07) is -1.02. The van der Waals surface area contributed by atoms with Crippen LogP contribution in [0.2, 0.25) is 0 Å². The monoisotopic (exact) mass is 632 g/mol. The number of thioether (sulfide) groups is 1. The zero-order valence-electron chi connectivity index (χ0n) is 23.2. The van der Waals surface area contributed by atoms with Crippen LogP contribution in [0.3, 0.4) is 0 Å². The van der Waals surface area contributed by atoms with E-state index in [2.05, 4.69) is 10.1 Å². The molecule has 16 heteroatoms. The standard InChI is InChI=1S/C27H35F3N4O8S/c1-11(2)14-7-33-34(8-14)21-23(38)18(10-36)42-27(25(21)40)43-26-24(39)20(22(37)17(9-35)41-26)32-6-13(5-31)12-3-15(28)19(30)16(29)4-12/h3-8,11,17-18,20-27,35-40H,9-10,31H2,1-2H3/b13-5+,32-6?/t17?,18-,20?,21?,22+,23?,24?,25-,26+,27?/m1/s1. The first-order chi connectivity index (χ1) is 20.4. The van der Waals surface area contributed by atoms with E-state index in [0.29, 0.717) is 12.1 Å². The maximum absolute atomic E-state index is 13.8. The summed E-state index contributed by atoms with van der Waals surface area (Å²) >= 11 is 0.773. The average molecular weight is 633 g/mol. The van der Waals surface area contributed by atoms with Crippen molar-refractivity contribution in [3.8, 4) is 0 Å². The molecule has 1 aromatic carbocycles. The van der Waals surface area contributed by atoms with Crippen LogP contribution in [0.4, 0.5) is 13.2 Å². The van der Waals surface area contributed by atoms with Gasteiger partial charge in [-0.3, -0.25) is 9.67 Å². The molecule has 8 N–H and O–H groups in total. The highest BCUT2D eigenvalue weighted by atomic mass is 32.2. The number of halogens is 3. The summed E-state index contributed by atoms with van der Waals surface area (Å²) in [4.78, 5) is 4.15. The SMILES string of the molecule is CC(C)c1cnn(C2C(O)[C@@H](CO)OC(S[C@@H]3OC(CO)[C@H](O)C(N=C/C(=C\N)c4cc(F)c(F)c(F)c4)C3O)[C@@H]2O)c1.